The van der Waals surface area contributed by atoms with Gasteiger partial charge in [-0.05, 0) is 36.2 Å². The molecule has 0 aliphatic heterocycles. The number of hydrogen-bond donors (Lipinski definition) is 0. The smallest absolute Gasteiger partial charge is 0.257 e. The van der Waals surface area contributed by atoms with Crippen LogP contribution in [0.5, 0.6) is 0 Å². The zero-order chi connectivity index (χ0) is 13.9. The van der Waals surface area contributed by atoms with Crippen molar-refractivity contribution in [2.45, 2.75) is 17.2 Å². The van der Waals surface area contributed by atoms with Gasteiger partial charge in [-0.3, -0.25) is 0 Å². The van der Waals surface area contributed by atoms with Crippen LogP contribution < -0.4 is 4.73 Å². The normalized spacial score (nSPS) is 12.4. The summed E-state index contributed by atoms with van der Waals surface area (Å²) < 4.78 is 6.49. The Morgan fingerprint density at radius 1 is 1.30 bits per heavy atom. The Balaban J connectivity index is 1.78. The number of hydrogen-bond acceptors (Lipinski definition) is 6. The summed E-state index contributed by atoms with van der Waals surface area (Å²) in [4.78, 5) is 0.944. The van der Waals surface area contributed by atoms with E-state index in [-0.39, 0.29) is 5.25 Å². The van der Waals surface area contributed by atoms with Gasteiger partial charge in [0.1, 0.15) is 0 Å². The van der Waals surface area contributed by atoms with E-state index in [1.54, 1.807) is 23.5 Å². The largest absolute Gasteiger partial charge is 0.618 e. The fraction of sp³-hybridized carbons (Fsp3) is 0.154. The van der Waals surface area contributed by atoms with Crippen LogP contribution in [0.15, 0.2) is 51.4 Å². The molecule has 0 saturated heterocycles. The van der Waals surface area contributed by atoms with E-state index in [2.05, 4.69) is 10.2 Å². The summed E-state index contributed by atoms with van der Waals surface area (Å²) in [6.45, 7) is 1.93. The summed E-state index contributed by atoms with van der Waals surface area (Å²) in [6, 6.07) is 9.16. The van der Waals surface area contributed by atoms with Crippen molar-refractivity contribution in [3.8, 4) is 10.8 Å². The molecular weight excluding hydrogens is 294 g/mol. The van der Waals surface area contributed by atoms with Gasteiger partial charge in [-0.15, -0.1) is 21.5 Å². The minimum atomic E-state index is -0.0844. The molecule has 0 spiro atoms. The van der Waals surface area contributed by atoms with E-state index in [0.717, 1.165) is 9.61 Å². The molecule has 5 nitrogen and oxygen atoms in total. The predicted molar refractivity (Wildman–Crippen MR) is 77.3 cm³/mol. The first-order valence-corrected chi connectivity index (χ1v) is 7.72. The summed E-state index contributed by atoms with van der Waals surface area (Å²) in [5.74, 6) is 1.03. The van der Waals surface area contributed by atoms with Gasteiger partial charge in [-0.2, -0.15) is 4.73 Å². The van der Waals surface area contributed by atoms with Crippen molar-refractivity contribution < 1.29 is 9.15 Å². The lowest BCUT2D eigenvalue weighted by Gasteiger charge is -2.06. The highest BCUT2D eigenvalue weighted by Crippen LogP contribution is 2.33. The number of rotatable bonds is 4. The van der Waals surface area contributed by atoms with Crippen molar-refractivity contribution >= 4 is 23.1 Å². The monoisotopic (exact) mass is 305 g/mol. The number of pyridine rings is 1. The van der Waals surface area contributed by atoms with Crippen LogP contribution in [0.4, 0.5) is 0 Å². The lowest BCUT2D eigenvalue weighted by Crippen LogP contribution is -2.27. The van der Waals surface area contributed by atoms with Gasteiger partial charge >= 0.3 is 0 Å². The highest BCUT2D eigenvalue weighted by Gasteiger charge is 2.19. The Bertz CT molecular complexity index is 697. The molecule has 7 heteroatoms. The van der Waals surface area contributed by atoms with E-state index in [0.29, 0.717) is 16.8 Å². The minimum Gasteiger partial charge on any atom is -0.618 e. The first-order chi connectivity index (χ1) is 9.74. The molecule has 0 fully saturated rings. The van der Waals surface area contributed by atoms with Crippen molar-refractivity contribution in [3.05, 3.63) is 53.0 Å². The summed E-state index contributed by atoms with van der Waals surface area (Å²) in [5, 5.41) is 22.2. The fourth-order valence-corrected chi connectivity index (χ4v) is 3.16. The molecule has 0 amide bonds. The Morgan fingerprint density at radius 3 is 2.95 bits per heavy atom. The Morgan fingerprint density at radius 2 is 2.20 bits per heavy atom. The third-order valence-electron chi connectivity index (χ3n) is 2.61. The average molecular weight is 305 g/mol. The molecule has 0 aromatic carbocycles. The zero-order valence-corrected chi connectivity index (χ0v) is 12.2. The van der Waals surface area contributed by atoms with Crippen LogP contribution in [0, 0.1) is 5.21 Å². The van der Waals surface area contributed by atoms with Gasteiger partial charge < -0.3 is 9.62 Å². The highest BCUT2D eigenvalue weighted by atomic mass is 32.2. The summed E-state index contributed by atoms with van der Waals surface area (Å²) in [7, 11) is 0. The van der Waals surface area contributed by atoms with Gasteiger partial charge in [0, 0.05) is 12.1 Å². The molecule has 3 rings (SSSR count). The van der Waals surface area contributed by atoms with Crippen LogP contribution in [0.1, 0.15) is 18.1 Å². The molecule has 0 aliphatic rings. The van der Waals surface area contributed by atoms with Crippen LogP contribution >= 0.6 is 23.1 Å². The average Bonchev–Trinajstić information content (AvgIpc) is 3.11. The SMILES string of the molecule is C[C@H](Sc1cccc[n+]1[O-])c1nnc(-c2cccs2)o1. The molecule has 0 radical (unpaired) electrons. The van der Waals surface area contributed by atoms with Crippen LogP contribution in [0.2, 0.25) is 0 Å². The van der Waals surface area contributed by atoms with E-state index in [1.807, 2.05) is 30.5 Å². The number of aromatic nitrogens is 3. The molecule has 102 valence electrons. The maximum atomic E-state index is 11.6. The Hall–Kier alpha value is -1.86. The second-order valence-electron chi connectivity index (χ2n) is 4.05. The first-order valence-electron chi connectivity index (χ1n) is 5.96. The summed E-state index contributed by atoms with van der Waals surface area (Å²) in [6.07, 6.45) is 1.47. The van der Waals surface area contributed by atoms with E-state index in [9.17, 15) is 5.21 Å². The molecule has 3 aromatic rings. The lowest BCUT2D eigenvalue weighted by molar-refractivity contribution is -0.645. The molecular formula is C13H11N3O2S2. The number of nitrogens with zero attached hydrogens (tertiary/aromatic N) is 3. The second kappa shape index (κ2) is 5.64. The topological polar surface area (TPSA) is 65.9 Å². The van der Waals surface area contributed by atoms with Crippen LogP contribution in [-0.4, -0.2) is 10.2 Å². The second-order valence-corrected chi connectivity index (χ2v) is 6.36. The van der Waals surface area contributed by atoms with Gasteiger partial charge in [-0.25, -0.2) is 0 Å². The van der Waals surface area contributed by atoms with Gasteiger partial charge in [-0.1, -0.05) is 6.07 Å². The van der Waals surface area contributed by atoms with Crippen LogP contribution in [0.25, 0.3) is 10.8 Å². The van der Waals surface area contributed by atoms with Crippen molar-refractivity contribution in [3.63, 3.8) is 0 Å². The molecule has 20 heavy (non-hydrogen) atoms. The van der Waals surface area contributed by atoms with E-state index in [4.69, 9.17) is 4.42 Å². The van der Waals surface area contributed by atoms with Crippen molar-refractivity contribution in [2.75, 3.05) is 0 Å². The van der Waals surface area contributed by atoms with Crippen LogP contribution in [0.3, 0.4) is 0 Å². The highest BCUT2D eigenvalue weighted by molar-refractivity contribution is 7.99. The molecule has 0 aliphatic carbocycles. The Labute approximate surface area is 123 Å². The van der Waals surface area contributed by atoms with Gasteiger partial charge in [0.15, 0.2) is 6.20 Å². The lowest BCUT2D eigenvalue weighted by atomic mass is 10.5. The molecule has 0 saturated carbocycles. The van der Waals surface area contributed by atoms with E-state index < -0.39 is 0 Å². The quantitative estimate of drug-likeness (QED) is 0.420. The van der Waals surface area contributed by atoms with Crippen LogP contribution in [-0.2, 0) is 0 Å². The molecule has 3 heterocycles. The third kappa shape index (κ3) is 2.68. The maximum Gasteiger partial charge on any atom is 0.257 e. The van der Waals surface area contributed by atoms with Gasteiger partial charge in [0.25, 0.3) is 10.9 Å². The maximum absolute atomic E-state index is 11.6. The summed E-state index contributed by atoms with van der Waals surface area (Å²) in [5.41, 5.74) is 0. The summed E-state index contributed by atoms with van der Waals surface area (Å²) >= 11 is 2.94. The molecule has 3 aromatic heterocycles. The molecule has 0 N–H and O–H groups in total. The minimum absolute atomic E-state index is 0.0844. The van der Waals surface area contributed by atoms with Crippen molar-refractivity contribution in [1.29, 1.82) is 0 Å². The Kier molecular flexibility index (Phi) is 3.70. The van der Waals surface area contributed by atoms with Gasteiger partial charge in [0.05, 0.1) is 10.1 Å². The van der Waals surface area contributed by atoms with E-state index in [1.165, 1.54) is 18.0 Å². The predicted octanol–water partition coefficient (Wildman–Crippen LogP) is 3.28. The molecule has 1 atom stereocenters. The van der Waals surface area contributed by atoms with Gasteiger partial charge in [0.2, 0.25) is 5.89 Å². The zero-order valence-electron chi connectivity index (χ0n) is 10.6. The van der Waals surface area contributed by atoms with E-state index >= 15 is 0 Å². The molecule has 0 bridgehead atoms. The van der Waals surface area contributed by atoms with Crippen molar-refractivity contribution in [2.24, 2.45) is 0 Å². The number of thiophene rings is 1. The number of thioether (sulfide) groups is 1. The first kappa shape index (κ1) is 13.1. The molecule has 0 unspecified atom stereocenters. The fourth-order valence-electron chi connectivity index (χ4n) is 1.63. The third-order valence-corrected chi connectivity index (χ3v) is 4.58. The standard InChI is InChI=1S/C13H11N3O2S2/c1-9(20-11-6-2-3-7-16(11)17)12-14-15-13(18-12)10-5-4-8-19-10/h2-9H,1H3/t9-/m0/s1. The van der Waals surface area contributed by atoms with Crippen molar-refractivity contribution in [1.82, 2.24) is 10.2 Å².